The molecule has 0 radical (unpaired) electrons. The first-order valence-corrected chi connectivity index (χ1v) is 5.83. The number of amides is 1. The molecule has 1 aromatic rings. The van der Waals surface area contributed by atoms with Crippen LogP contribution in [0.1, 0.15) is 23.2 Å². The second-order valence-electron chi connectivity index (χ2n) is 4.32. The fourth-order valence-electron chi connectivity index (χ4n) is 2.23. The highest BCUT2D eigenvalue weighted by Gasteiger charge is 2.20. The van der Waals surface area contributed by atoms with E-state index in [4.69, 9.17) is 5.73 Å². The number of piperidine rings is 1. The van der Waals surface area contributed by atoms with Gasteiger partial charge in [0, 0.05) is 25.5 Å². The molecular formula is C13H17N3O. The molecule has 1 aliphatic heterocycles. The average molecular weight is 231 g/mol. The molecule has 0 aliphatic carbocycles. The van der Waals surface area contributed by atoms with Crippen LogP contribution in [-0.2, 0) is 0 Å². The Morgan fingerprint density at radius 2 is 2.24 bits per heavy atom. The molecule has 0 aromatic carbocycles. The lowest BCUT2D eigenvalue weighted by atomic mass is 9.96. The standard InChI is InChI=1S/C13H17N3O/c1-2-10-4-7-16(8-5-10)12-3-6-15-9-11(12)13(14)17/h2-3,6,9-10H,1,4-5,7-8H2,(H2,14,17). The van der Waals surface area contributed by atoms with Crippen LogP contribution in [0.15, 0.2) is 31.1 Å². The summed E-state index contributed by atoms with van der Waals surface area (Å²) in [6.07, 6.45) is 7.39. The second-order valence-corrected chi connectivity index (χ2v) is 4.32. The van der Waals surface area contributed by atoms with Gasteiger partial charge in [-0.15, -0.1) is 6.58 Å². The zero-order valence-corrected chi connectivity index (χ0v) is 9.80. The monoisotopic (exact) mass is 231 g/mol. The summed E-state index contributed by atoms with van der Waals surface area (Å²) in [6.45, 7) is 5.69. The van der Waals surface area contributed by atoms with Gasteiger partial charge in [0.05, 0.1) is 11.3 Å². The van der Waals surface area contributed by atoms with Crippen LogP contribution in [-0.4, -0.2) is 24.0 Å². The summed E-state index contributed by atoms with van der Waals surface area (Å²) in [5.74, 6) is 0.170. The van der Waals surface area contributed by atoms with Gasteiger partial charge in [-0.2, -0.15) is 0 Å². The van der Waals surface area contributed by atoms with E-state index in [2.05, 4.69) is 16.5 Å². The maximum absolute atomic E-state index is 11.3. The molecule has 0 saturated carbocycles. The number of aromatic nitrogens is 1. The number of carbonyl (C=O) groups excluding carboxylic acids is 1. The third-order valence-electron chi connectivity index (χ3n) is 3.28. The molecule has 2 rings (SSSR count). The minimum Gasteiger partial charge on any atom is -0.371 e. The Bertz CT molecular complexity index is 422. The highest BCUT2D eigenvalue weighted by molar-refractivity contribution is 5.98. The molecule has 2 heterocycles. The fraction of sp³-hybridized carbons (Fsp3) is 0.385. The highest BCUT2D eigenvalue weighted by Crippen LogP contribution is 2.25. The van der Waals surface area contributed by atoms with Gasteiger partial charge in [0.1, 0.15) is 0 Å². The van der Waals surface area contributed by atoms with Crippen LogP contribution < -0.4 is 10.6 Å². The number of rotatable bonds is 3. The van der Waals surface area contributed by atoms with Gasteiger partial charge >= 0.3 is 0 Å². The summed E-state index contributed by atoms with van der Waals surface area (Å²) in [5, 5.41) is 0. The first kappa shape index (κ1) is 11.6. The van der Waals surface area contributed by atoms with E-state index in [1.807, 2.05) is 12.1 Å². The first-order chi connectivity index (χ1) is 8.22. The van der Waals surface area contributed by atoms with E-state index in [0.717, 1.165) is 31.6 Å². The number of primary amides is 1. The van der Waals surface area contributed by atoms with Gasteiger partial charge < -0.3 is 10.6 Å². The zero-order valence-electron chi connectivity index (χ0n) is 9.80. The van der Waals surface area contributed by atoms with Crippen molar-refractivity contribution >= 4 is 11.6 Å². The van der Waals surface area contributed by atoms with E-state index in [1.54, 1.807) is 6.20 Å². The van der Waals surface area contributed by atoms with Crippen molar-refractivity contribution in [1.29, 1.82) is 0 Å². The van der Waals surface area contributed by atoms with Gasteiger partial charge in [0.25, 0.3) is 5.91 Å². The van der Waals surface area contributed by atoms with Crippen molar-refractivity contribution < 1.29 is 4.79 Å². The van der Waals surface area contributed by atoms with Crippen molar-refractivity contribution in [3.63, 3.8) is 0 Å². The van der Waals surface area contributed by atoms with Gasteiger partial charge in [0.2, 0.25) is 0 Å². The first-order valence-electron chi connectivity index (χ1n) is 5.83. The van der Waals surface area contributed by atoms with E-state index in [9.17, 15) is 4.79 Å². The molecule has 1 aromatic heterocycles. The number of anilines is 1. The minimum atomic E-state index is -0.418. The molecule has 1 fully saturated rings. The fourth-order valence-corrected chi connectivity index (χ4v) is 2.23. The summed E-state index contributed by atoms with van der Waals surface area (Å²) in [6, 6.07) is 1.86. The second kappa shape index (κ2) is 4.99. The number of nitrogens with zero attached hydrogens (tertiary/aromatic N) is 2. The molecule has 17 heavy (non-hydrogen) atoms. The lowest BCUT2D eigenvalue weighted by Crippen LogP contribution is -2.34. The van der Waals surface area contributed by atoms with Gasteiger partial charge in [-0.1, -0.05) is 6.08 Å². The summed E-state index contributed by atoms with van der Waals surface area (Å²) in [4.78, 5) is 17.5. The normalized spacial score (nSPS) is 16.8. The van der Waals surface area contributed by atoms with Crippen molar-refractivity contribution in [2.24, 2.45) is 11.7 Å². The molecule has 0 unspecified atom stereocenters. The van der Waals surface area contributed by atoms with Crippen LogP contribution in [0, 0.1) is 5.92 Å². The molecule has 4 heteroatoms. The Kier molecular flexibility index (Phi) is 3.42. The van der Waals surface area contributed by atoms with Crippen LogP contribution in [0.25, 0.3) is 0 Å². The van der Waals surface area contributed by atoms with Crippen molar-refractivity contribution in [2.45, 2.75) is 12.8 Å². The Morgan fingerprint density at radius 3 is 2.82 bits per heavy atom. The van der Waals surface area contributed by atoms with Crippen LogP contribution in [0.2, 0.25) is 0 Å². The maximum Gasteiger partial charge on any atom is 0.252 e. The lowest BCUT2D eigenvalue weighted by Gasteiger charge is -2.33. The van der Waals surface area contributed by atoms with Crippen LogP contribution in [0.5, 0.6) is 0 Å². The Balaban J connectivity index is 2.18. The molecule has 90 valence electrons. The molecular weight excluding hydrogens is 214 g/mol. The summed E-state index contributed by atoms with van der Waals surface area (Å²) in [5.41, 5.74) is 6.76. The van der Waals surface area contributed by atoms with Gasteiger partial charge in [-0.05, 0) is 24.8 Å². The van der Waals surface area contributed by atoms with Crippen molar-refractivity contribution in [2.75, 3.05) is 18.0 Å². The van der Waals surface area contributed by atoms with Crippen LogP contribution in [0.4, 0.5) is 5.69 Å². The smallest absolute Gasteiger partial charge is 0.252 e. The highest BCUT2D eigenvalue weighted by atomic mass is 16.1. The van der Waals surface area contributed by atoms with E-state index in [-0.39, 0.29) is 0 Å². The molecule has 0 atom stereocenters. The third kappa shape index (κ3) is 2.46. The van der Waals surface area contributed by atoms with Gasteiger partial charge in [0.15, 0.2) is 0 Å². The van der Waals surface area contributed by atoms with Crippen molar-refractivity contribution in [3.05, 3.63) is 36.7 Å². The Hall–Kier alpha value is -1.84. The molecule has 0 spiro atoms. The van der Waals surface area contributed by atoms with Gasteiger partial charge in [-0.25, -0.2) is 0 Å². The summed E-state index contributed by atoms with van der Waals surface area (Å²) < 4.78 is 0. The minimum absolute atomic E-state index is 0.418. The molecule has 1 aliphatic rings. The van der Waals surface area contributed by atoms with Crippen molar-refractivity contribution in [3.8, 4) is 0 Å². The van der Waals surface area contributed by atoms with Crippen molar-refractivity contribution in [1.82, 2.24) is 4.98 Å². The molecule has 0 bridgehead atoms. The Morgan fingerprint density at radius 1 is 1.53 bits per heavy atom. The van der Waals surface area contributed by atoms with Crippen LogP contribution >= 0.6 is 0 Å². The molecule has 1 amide bonds. The maximum atomic E-state index is 11.3. The predicted octanol–water partition coefficient (Wildman–Crippen LogP) is 1.58. The van der Waals surface area contributed by atoms with Gasteiger partial charge in [-0.3, -0.25) is 9.78 Å². The predicted molar refractivity (Wildman–Crippen MR) is 67.9 cm³/mol. The SMILES string of the molecule is C=CC1CCN(c2ccncc2C(N)=O)CC1. The number of hydrogen-bond donors (Lipinski definition) is 1. The third-order valence-corrected chi connectivity index (χ3v) is 3.28. The topological polar surface area (TPSA) is 59.2 Å². The van der Waals surface area contributed by atoms with E-state index >= 15 is 0 Å². The lowest BCUT2D eigenvalue weighted by molar-refractivity contribution is 0.100. The largest absolute Gasteiger partial charge is 0.371 e. The number of carbonyl (C=O) groups is 1. The summed E-state index contributed by atoms with van der Waals surface area (Å²) in [7, 11) is 0. The molecule has 2 N–H and O–H groups in total. The van der Waals surface area contributed by atoms with Crippen LogP contribution in [0.3, 0.4) is 0 Å². The average Bonchev–Trinajstić information content (AvgIpc) is 2.39. The van der Waals surface area contributed by atoms with E-state index in [0.29, 0.717) is 11.5 Å². The molecule has 4 nitrogen and oxygen atoms in total. The van der Waals surface area contributed by atoms with E-state index in [1.165, 1.54) is 6.20 Å². The quantitative estimate of drug-likeness (QED) is 0.803. The molecule has 1 saturated heterocycles. The van der Waals surface area contributed by atoms with E-state index < -0.39 is 5.91 Å². The Labute approximate surface area is 101 Å². The number of nitrogens with two attached hydrogens (primary N) is 1. The number of pyridine rings is 1. The zero-order chi connectivity index (χ0) is 12.3. The number of allylic oxidation sites excluding steroid dienone is 1. The summed E-state index contributed by atoms with van der Waals surface area (Å²) >= 11 is 0. The number of hydrogen-bond acceptors (Lipinski definition) is 3.